The number of halogens is 4. The summed E-state index contributed by atoms with van der Waals surface area (Å²) in [6, 6.07) is 1.57. The van der Waals surface area contributed by atoms with Crippen LogP contribution < -0.4 is 10.6 Å². The molecule has 0 radical (unpaired) electrons. The van der Waals surface area contributed by atoms with E-state index in [2.05, 4.69) is 37.1 Å². The summed E-state index contributed by atoms with van der Waals surface area (Å²) in [6.45, 7) is 7.28. The van der Waals surface area contributed by atoms with Gasteiger partial charge in [0.25, 0.3) is 11.8 Å². The topological polar surface area (TPSA) is 110 Å². The third kappa shape index (κ3) is 7.08. The Hall–Kier alpha value is -3.90. The summed E-state index contributed by atoms with van der Waals surface area (Å²) in [6.07, 6.45) is 5.69. The minimum absolute atomic E-state index is 0.107. The second-order valence-electron chi connectivity index (χ2n) is 7.40. The number of pyridine rings is 1. The third-order valence-corrected chi connectivity index (χ3v) is 6.23. The van der Waals surface area contributed by atoms with Gasteiger partial charge in [-0.2, -0.15) is 13.2 Å². The summed E-state index contributed by atoms with van der Waals surface area (Å²) in [5.74, 6) is -1.52. The predicted molar refractivity (Wildman–Crippen MR) is 135 cm³/mol. The molecule has 0 bridgehead atoms. The Bertz CT molecular complexity index is 1390. The van der Waals surface area contributed by atoms with E-state index in [9.17, 15) is 22.8 Å². The molecule has 13 heteroatoms. The molecule has 3 aromatic rings. The number of hydrogen-bond acceptors (Lipinski definition) is 7. The molecule has 0 aromatic carbocycles. The number of hydrogen-bond donors (Lipinski definition) is 2. The quantitative estimate of drug-likeness (QED) is 0.340. The zero-order valence-corrected chi connectivity index (χ0v) is 21.1. The molecule has 1 atom stereocenters. The minimum Gasteiger partial charge on any atom is -0.342 e. The van der Waals surface area contributed by atoms with E-state index in [-0.39, 0.29) is 16.4 Å². The van der Waals surface area contributed by atoms with Crippen molar-refractivity contribution < 1.29 is 22.8 Å². The molecule has 0 spiro atoms. The summed E-state index contributed by atoms with van der Waals surface area (Å²) in [5.41, 5.74) is 0.217. The second-order valence-corrected chi connectivity index (χ2v) is 8.87. The number of thiazole rings is 1. The van der Waals surface area contributed by atoms with Crippen LogP contribution in [0.15, 0.2) is 61.7 Å². The van der Waals surface area contributed by atoms with Gasteiger partial charge < -0.3 is 10.6 Å². The first-order valence-electron chi connectivity index (χ1n) is 10.6. The smallest absolute Gasteiger partial charge is 0.342 e. The van der Waals surface area contributed by atoms with Gasteiger partial charge in [-0.05, 0) is 31.6 Å². The summed E-state index contributed by atoms with van der Waals surface area (Å²) >= 11 is 6.52. The molecule has 0 saturated carbocycles. The van der Waals surface area contributed by atoms with Gasteiger partial charge in [-0.25, -0.2) is 19.9 Å². The van der Waals surface area contributed by atoms with Gasteiger partial charge in [-0.1, -0.05) is 42.5 Å². The number of carbonyl (C=O) groups excluding carboxylic acids is 2. The van der Waals surface area contributed by atoms with Crippen molar-refractivity contribution in [1.82, 2.24) is 25.3 Å². The van der Waals surface area contributed by atoms with E-state index >= 15 is 0 Å². The average Bonchev–Trinajstić information content (AvgIpc) is 3.36. The Kier molecular flexibility index (Phi) is 8.90. The van der Waals surface area contributed by atoms with Gasteiger partial charge in [0.05, 0.1) is 28.5 Å². The van der Waals surface area contributed by atoms with Crippen LogP contribution in [0, 0.1) is 0 Å². The molecule has 3 heterocycles. The Labute approximate surface area is 219 Å². The number of allylic oxidation sites excluding steroid dienone is 5. The van der Waals surface area contributed by atoms with Gasteiger partial charge in [-0.3, -0.25) is 9.59 Å². The molecule has 0 aliphatic heterocycles. The van der Waals surface area contributed by atoms with Crippen LogP contribution in [0.4, 0.5) is 19.0 Å². The average molecular weight is 549 g/mol. The molecular formula is C24H20ClF3N6O2S. The fourth-order valence-corrected chi connectivity index (χ4v) is 3.95. The molecule has 8 nitrogen and oxygen atoms in total. The van der Waals surface area contributed by atoms with Crippen molar-refractivity contribution in [3.63, 3.8) is 0 Å². The number of aromatic nitrogens is 4. The zero-order valence-electron chi connectivity index (χ0n) is 19.5. The van der Waals surface area contributed by atoms with Crippen LogP contribution in [0.2, 0.25) is 5.02 Å². The van der Waals surface area contributed by atoms with Gasteiger partial charge >= 0.3 is 6.18 Å². The van der Waals surface area contributed by atoms with Crippen LogP contribution in [0.25, 0.3) is 5.57 Å². The maximum Gasteiger partial charge on any atom is 0.418 e. The number of amides is 2. The van der Waals surface area contributed by atoms with Gasteiger partial charge in [0.2, 0.25) is 0 Å². The lowest BCUT2D eigenvalue weighted by molar-refractivity contribution is -0.137. The van der Waals surface area contributed by atoms with Gasteiger partial charge in [0.1, 0.15) is 27.7 Å². The van der Waals surface area contributed by atoms with E-state index in [1.165, 1.54) is 18.6 Å². The molecule has 0 aliphatic rings. The van der Waals surface area contributed by atoms with Crippen LogP contribution in [0.5, 0.6) is 0 Å². The largest absolute Gasteiger partial charge is 0.418 e. The number of alkyl halides is 3. The first-order chi connectivity index (χ1) is 17.5. The second kappa shape index (κ2) is 11.9. The molecule has 2 amide bonds. The number of carbonyl (C=O) groups is 2. The van der Waals surface area contributed by atoms with E-state index < -0.39 is 34.6 Å². The lowest BCUT2D eigenvalue weighted by Gasteiger charge is -2.11. The van der Waals surface area contributed by atoms with Gasteiger partial charge in [0.15, 0.2) is 0 Å². The summed E-state index contributed by atoms with van der Waals surface area (Å²) in [4.78, 5) is 41.4. The van der Waals surface area contributed by atoms with Crippen molar-refractivity contribution in [1.29, 1.82) is 0 Å². The lowest BCUT2D eigenvalue weighted by Crippen LogP contribution is -2.27. The van der Waals surface area contributed by atoms with Gasteiger partial charge in [-0.15, -0.1) is 11.3 Å². The van der Waals surface area contributed by atoms with E-state index in [4.69, 9.17) is 11.6 Å². The fourth-order valence-electron chi connectivity index (χ4n) is 2.92. The monoisotopic (exact) mass is 548 g/mol. The summed E-state index contributed by atoms with van der Waals surface area (Å²) in [5, 5.41) is 4.85. The molecule has 192 valence electrons. The highest BCUT2D eigenvalue weighted by Crippen LogP contribution is 2.35. The number of anilines is 1. The first kappa shape index (κ1) is 27.7. The van der Waals surface area contributed by atoms with Crippen LogP contribution in [-0.2, 0) is 6.18 Å². The third-order valence-electron chi connectivity index (χ3n) is 4.75. The molecule has 3 aromatic heterocycles. The molecule has 3 rings (SSSR count). The Morgan fingerprint density at radius 2 is 1.84 bits per heavy atom. The van der Waals surface area contributed by atoms with Crippen molar-refractivity contribution in [3.8, 4) is 0 Å². The van der Waals surface area contributed by atoms with Crippen LogP contribution >= 0.6 is 22.9 Å². The van der Waals surface area contributed by atoms with E-state index in [0.717, 1.165) is 17.5 Å². The van der Waals surface area contributed by atoms with Crippen molar-refractivity contribution in [3.05, 3.63) is 93.6 Å². The molecule has 0 saturated heterocycles. The van der Waals surface area contributed by atoms with E-state index in [1.54, 1.807) is 19.1 Å². The molecule has 37 heavy (non-hydrogen) atoms. The maximum atomic E-state index is 13.1. The molecule has 0 aliphatic carbocycles. The van der Waals surface area contributed by atoms with E-state index in [1.807, 2.05) is 19.1 Å². The highest BCUT2D eigenvalue weighted by Gasteiger charge is 2.34. The Morgan fingerprint density at radius 3 is 2.51 bits per heavy atom. The first-order valence-corrected chi connectivity index (χ1v) is 11.8. The minimum atomic E-state index is -4.70. The summed E-state index contributed by atoms with van der Waals surface area (Å²) < 4.78 is 39.2. The normalized spacial score (nSPS) is 12.9. The Morgan fingerprint density at radius 1 is 1.11 bits per heavy atom. The number of nitrogens with one attached hydrogen (secondary N) is 2. The van der Waals surface area contributed by atoms with Crippen molar-refractivity contribution in [2.24, 2.45) is 0 Å². The van der Waals surface area contributed by atoms with Crippen LogP contribution in [0.3, 0.4) is 0 Å². The van der Waals surface area contributed by atoms with E-state index in [0.29, 0.717) is 22.3 Å². The SMILES string of the molecule is C=C/C(=C\C=C/C)c1cc(C(=O)NC(C)c2ncc(C(=O)Nc3cc(C(F)(F)F)c(Cl)cn3)s2)ncn1. The highest BCUT2D eigenvalue weighted by atomic mass is 35.5. The fraction of sp³-hybridized carbons (Fsp3) is 0.167. The number of nitrogens with zero attached hydrogens (tertiary/aromatic N) is 4. The van der Waals surface area contributed by atoms with Crippen LogP contribution in [0.1, 0.15) is 56.3 Å². The summed E-state index contributed by atoms with van der Waals surface area (Å²) in [7, 11) is 0. The van der Waals surface area contributed by atoms with Crippen LogP contribution in [-0.4, -0.2) is 31.8 Å². The molecule has 1 unspecified atom stereocenters. The Balaban J connectivity index is 1.70. The van der Waals surface area contributed by atoms with Crippen molar-refractivity contribution in [2.45, 2.75) is 26.1 Å². The zero-order chi connectivity index (χ0) is 27.2. The number of rotatable bonds is 8. The molecule has 2 N–H and O–H groups in total. The van der Waals surface area contributed by atoms with Gasteiger partial charge in [0, 0.05) is 6.20 Å². The maximum absolute atomic E-state index is 13.1. The molecular weight excluding hydrogens is 529 g/mol. The molecule has 0 fully saturated rings. The van der Waals surface area contributed by atoms with Crippen molar-refractivity contribution in [2.75, 3.05) is 5.32 Å². The standard InChI is InChI=1S/C24H20ClF3N6O2S/c1-4-6-7-14(5-2)17-9-18(32-12-31-17)21(35)33-13(3)23-30-11-19(37-23)22(36)34-20-8-15(24(26,27)28)16(25)10-29-20/h4-13H,2H2,1,3H3,(H,33,35)(H,29,34,36)/b6-4-,14-7+. The lowest BCUT2D eigenvalue weighted by atomic mass is 10.1. The highest BCUT2D eigenvalue weighted by molar-refractivity contribution is 7.13. The predicted octanol–water partition coefficient (Wildman–Crippen LogP) is 5.89. The van der Waals surface area contributed by atoms with Crippen molar-refractivity contribution >= 4 is 46.1 Å².